The van der Waals surface area contributed by atoms with Crippen molar-refractivity contribution in [3.05, 3.63) is 231 Å². The molecule has 0 saturated carbocycles. The summed E-state index contributed by atoms with van der Waals surface area (Å²) in [6.07, 6.45) is 0. The quantitative estimate of drug-likeness (QED) is 0.138. The van der Waals surface area contributed by atoms with E-state index in [2.05, 4.69) is 158 Å². The minimum Gasteiger partial charge on any atom is -0.309 e. The van der Waals surface area contributed by atoms with Crippen molar-refractivity contribution in [1.29, 1.82) is 0 Å². The Morgan fingerprint density at radius 3 is 0.893 bits per heavy atom. The van der Waals surface area contributed by atoms with Crippen LogP contribution in [-0.2, 0) is 4.57 Å². The van der Waals surface area contributed by atoms with Crippen molar-refractivity contribution in [2.24, 2.45) is 0 Å². The molecule has 56 heavy (non-hydrogen) atoms. The zero-order chi connectivity index (χ0) is 37.7. The highest BCUT2D eigenvalue weighted by Gasteiger charge is 2.30. The first-order valence-corrected chi connectivity index (χ1v) is 20.6. The van der Waals surface area contributed by atoms with E-state index in [0.717, 1.165) is 82.9 Å². The summed E-state index contributed by atoms with van der Waals surface area (Å²) in [6.45, 7) is 0. The number of rotatable bonds is 9. The van der Waals surface area contributed by atoms with Crippen LogP contribution in [0.25, 0.3) is 67.0 Å². The molecule has 0 fully saturated rings. The Balaban J connectivity index is 1.23. The van der Waals surface area contributed by atoms with Crippen LogP contribution in [0.5, 0.6) is 0 Å². The molecular weight excluding hydrogens is 698 g/mol. The van der Waals surface area contributed by atoms with Crippen molar-refractivity contribution in [2.75, 3.05) is 0 Å². The molecule has 0 saturated heterocycles. The van der Waals surface area contributed by atoms with Gasteiger partial charge in [-0.05, 0) is 27.8 Å². The third-order valence-electron chi connectivity index (χ3n) is 10.4. The summed E-state index contributed by atoms with van der Waals surface area (Å²) >= 11 is 0. The van der Waals surface area contributed by atoms with E-state index < -0.39 is 7.14 Å². The summed E-state index contributed by atoms with van der Waals surface area (Å²) in [4.78, 5) is 5.57. The number of benzene rings is 8. The standard InChI is InChI=1S/C53H38NOP/c55-56(46-27-15-5-16-28-46,47-29-17-6-18-30-47)48-37-35-40(36-38-48)39-31-33-43(34-32-39)49-50(41-19-7-1-8-20-41)52(44-23-11-3-12-24-44)54-53(45-25-13-4-14-26-45)51(49)42-21-9-2-10-22-42/h1-38H. The van der Waals surface area contributed by atoms with Crippen molar-refractivity contribution >= 4 is 23.1 Å². The van der Waals surface area contributed by atoms with E-state index in [9.17, 15) is 0 Å². The zero-order valence-electron chi connectivity index (χ0n) is 30.7. The SMILES string of the molecule is O=P(c1ccccc1)(c1ccccc1)c1ccc(-c2ccc(-c3c(-c4ccccc4)c(-c4ccccc4)nc(-c4ccccc4)c3-c3ccccc3)cc2)cc1. The molecule has 266 valence electrons. The molecule has 0 spiro atoms. The number of nitrogens with zero attached hydrogens (tertiary/aromatic N) is 1. The van der Waals surface area contributed by atoms with Crippen molar-refractivity contribution in [1.82, 2.24) is 4.98 Å². The highest BCUT2D eigenvalue weighted by atomic mass is 31.2. The largest absolute Gasteiger partial charge is 0.309 e. The first-order chi connectivity index (χ1) is 27.7. The average Bonchev–Trinajstić information content (AvgIpc) is 3.30. The van der Waals surface area contributed by atoms with Gasteiger partial charge in [0.2, 0.25) is 0 Å². The Labute approximate surface area is 328 Å². The molecule has 1 aromatic heterocycles. The smallest absolute Gasteiger partial charge is 0.171 e. The maximum absolute atomic E-state index is 15.0. The minimum atomic E-state index is -3.07. The van der Waals surface area contributed by atoms with Crippen molar-refractivity contribution in [3.63, 3.8) is 0 Å². The van der Waals surface area contributed by atoms with Crippen LogP contribution in [0.4, 0.5) is 0 Å². The van der Waals surface area contributed by atoms with Crippen LogP contribution in [-0.4, -0.2) is 4.98 Å². The van der Waals surface area contributed by atoms with E-state index in [1.165, 1.54) is 0 Å². The highest BCUT2D eigenvalue weighted by molar-refractivity contribution is 7.85. The molecule has 0 unspecified atom stereocenters. The first kappa shape index (κ1) is 34.9. The van der Waals surface area contributed by atoms with Crippen LogP contribution >= 0.6 is 7.14 Å². The van der Waals surface area contributed by atoms with E-state index >= 15 is 4.57 Å². The molecule has 2 nitrogen and oxygen atoms in total. The van der Waals surface area contributed by atoms with Gasteiger partial charge in [-0.3, -0.25) is 0 Å². The van der Waals surface area contributed by atoms with E-state index in [-0.39, 0.29) is 0 Å². The van der Waals surface area contributed by atoms with Crippen molar-refractivity contribution in [3.8, 4) is 67.0 Å². The van der Waals surface area contributed by atoms with Crippen LogP contribution in [0.3, 0.4) is 0 Å². The lowest BCUT2D eigenvalue weighted by atomic mass is 9.83. The molecule has 0 bridgehead atoms. The van der Waals surface area contributed by atoms with Crippen LogP contribution in [0.15, 0.2) is 231 Å². The number of aromatic nitrogens is 1. The predicted octanol–water partition coefficient (Wildman–Crippen LogP) is 12.7. The summed E-state index contributed by atoms with van der Waals surface area (Å²) in [7, 11) is -3.07. The van der Waals surface area contributed by atoms with Crippen LogP contribution in [0, 0.1) is 0 Å². The van der Waals surface area contributed by atoms with Gasteiger partial charge in [-0.2, -0.15) is 0 Å². The Morgan fingerprint density at radius 1 is 0.250 bits per heavy atom. The van der Waals surface area contributed by atoms with Gasteiger partial charge in [0, 0.05) is 43.7 Å². The van der Waals surface area contributed by atoms with Gasteiger partial charge in [0.15, 0.2) is 7.14 Å². The fraction of sp³-hybridized carbons (Fsp3) is 0. The summed E-state index contributed by atoms with van der Waals surface area (Å²) in [5.74, 6) is 0. The van der Waals surface area contributed by atoms with Gasteiger partial charge in [-0.1, -0.05) is 231 Å². The topological polar surface area (TPSA) is 30.0 Å². The van der Waals surface area contributed by atoms with E-state index in [4.69, 9.17) is 4.98 Å². The molecule has 9 aromatic rings. The van der Waals surface area contributed by atoms with Gasteiger partial charge in [-0.15, -0.1) is 0 Å². The Bertz CT molecular complexity index is 2610. The fourth-order valence-corrected chi connectivity index (χ4v) is 10.3. The molecule has 9 rings (SSSR count). The molecule has 8 aromatic carbocycles. The maximum atomic E-state index is 15.0. The second kappa shape index (κ2) is 15.5. The molecule has 0 N–H and O–H groups in total. The molecule has 0 amide bonds. The van der Waals surface area contributed by atoms with Gasteiger partial charge in [0.25, 0.3) is 0 Å². The minimum absolute atomic E-state index is 0.814. The number of hydrogen-bond donors (Lipinski definition) is 0. The Hall–Kier alpha value is -6.86. The maximum Gasteiger partial charge on any atom is 0.171 e. The monoisotopic (exact) mass is 735 g/mol. The summed E-state index contributed by atoms with van der Waals surface area (Å²) in [5, 5.41) is 2.47. The third kappa shape index (κ3) is 6.62. The number of hydrogen-bond acceptors (Lipinski definition) is 2. The molecule has 0 atom stereocenters. The van der Waals surface area contributed by atoms with Gasteiger partial charge in [0.1, 0.15) is 0 Å². The number of pyridine rings is 1. The second-order valence-corrected chi connectivity index (χ2v) is 16.6. The normalized spacial score (nSPS) is 11.3. The van der Waals surface area contributed by atoms with E-state index in [1.54, 1.807) is 0 Å². The van der Waals surface area contributed by atoms with Gasteiger partial charge in [-0.25, -0.2) is 4.98 Å². The van der Waals surface area contributed by atoms with Crippen LogP contribution < -0.4 is 15.9 Å². The highest BCUT2D eigenvalue weighted by Crippen LogP contribution is 2.49. The zero-order valence-corrected chi connectivity index (χ0v) is 31.6. The van der Waals surface area contributed by atoms with Gasteiger partial charge in [0.05, 0.1) is 11.4 Å². The summed E-state index contributed by atoms with van der Waals surface area (Å²) < 4.78 is 15.0. The second-order valence-electron chi connectivity index (χ2n) is 13.8. The van der Waals surface area contributed by atoms with Crippen molar-refractivity contribution in [2.45, 2.75) is 0 Å². The predicted molar refractivity (Wildman–Crippen MR) is 236 cm³/mol. The van der Waals surface area contributed by atoms with Crippen molar-refractivity contribution < 1.29 is 4.57 Å². The fourth-order valence-electron chi connectivity index (χ4n) is 7.67. The lowest BCUT2D eigenvalue weighted by Gasteiger charge is -2.23. The lowest BCUT2D eigenvalue weighted by Crippen LogP contribution is -2.24. The molecule has 0 aliphatic rings. The molecule has 3 heteroatoms. The lowest BCUT2D eigenvalue weighted by molar-refractivity contribution is 0.592. The first-order valence-electron chi connectivity index (χ1n) is 18.9. The average molecular weight is 736 g/mol. The molecule has 0 radical (unpaired) electrons. The Kier molecular flexibility index (Phi) is 9.64. The summed E-state index contributed by atoms with van der Waals surface area (Å²) in [6, 6.07) is 79.1. The summed E-state index contributed by atoms with van der Waals surface area (Å²) in [5.41, 5.74) is 12.7. The van der Waals surface area contributed by atoms with E-state index in [0.29, 0.717) is 0 Å². The molecular formula is C53H38NOP. The van der Waals surface area contributed by atoms with Crippen LogP contribution in [0.1, 0.15) is 0 Å². The van der Waals surface area contributed by atoms with Crippen LogP contribution in [0.2, 0.25) is 0 Å². The van der Waals surface area contributed by atoms with Gasteiger partial charge >= 0.3 is 0 Å². The Morgan fingerprint density at radius 2 is 0.518 bits per heavy atom. The third-order valence-corrected chi connectivity index (χ3v) is 13.5. The van der Waals surface area contributed by atoms with Gasteiger partial charge < -0.3 is 4.57 Å². The molecule has 0 aliphatic heterocycles. The molecule has 1 heterocycles. The van der Waals surface area contributed by atoms with E-state index in [1.807, 2.05) is 72.8 Å². The molecule has 0 aliphatic carbocycles.